The van der Waals surface area contributed by atoms with Crippen LogP contribution in [-0.4, -0.2) is 51.7 Å². The summed E-state index contributed by atoms with van der Waals surface area (Å²) >= 11 is 0. The summed E-state index contributed by atoms with van der Waals surface area (Å²) < 4.78 is 5.38. The number of likely N-dealkylation sites (N-methyl/N-ethyl adjacent to an activating group) is 1. The van der Waals surface area contributed by atoms with Gasteiger partial charge in [0.05, 0.1) is 12.2 Å². The fourth-order valence-corrected chi connectivity index (χ4v) is 2.58. The van der Waals surface area contributed by atoms with E-state index in [-0.39, 0.29) is 18.4 Å². The highest BCUT2D eigenvalue weighted by atomic mass is 35.5. The molecule has 3 heterocycles. The molecule has 2 fully saturated rings. The molecule has 1 saturated carbocycles. The van der Waals surface area contributed by atoms with E-state index in [9.17, 15) is 0 Å². The SMILES string of the molecule is CN1CCNCC1c1noc(-c2cnc(C3CC3)[nH]2)n1.Cl. The van der Waals surface area contributed by atoms with Crippen LogP contribution in [0.3, 0.4) is 0 Å². The summed E-state index contributed by atoms with van der Waals surface area (Å²) in [4.78, 5) is 14.4. The lowest BCUT2D eigenvalue weighted by molar-refractivity contribution is 0.190. The lowest BCUT2D eigenvalue weighted by Gasteiger charge is -2.30. The zero-order valence-corrected chi connectivity index (χ0v) is 12.7. The molecule has 1 aliphatic heterocycles. The maximum Gasteiger partial charge on any atom is 0.276 e. The topological polar surface area (TPSA) is 82.9 Å². The third-order valence-corrected chi connectivity index (χ3v) is 4.04. The molecule has 1 saturated heterocycles. The summed E-state index contributed by atoms with van der Waals surface area (Å²) in [6.45, 7) is 2.85. The maximum absolute atomic E-state index is 5.38. The number of aromatic amines is 1. The fourth-order valence-electron chi connectivity index (χ4n) is 2.58. The first-order chi connectivity index (χ1) is 9.81. The predicted molar refractivity (Wildman–Crippen MR) is 79.3 cm³/mol. The molecule has 0 amide bonds. The number of hydrogen-bond donors (Lipinski definition) is 2. The normalized spacial score (nSPS) is 23.0. The molecule has 2 aliphatic rings. The molecule has 1 aliphatic carbocycles. The fraction of sp³-hybridized carbons (Fsp3) is 0.615. The predicted octanol–water partition coefficient (Wildman–Crippen LogP) is 1.33. The molecule has 0 radical (unpaired) electrons. The number of halogens is 1. The first-order valence-electron chi connectivity index (χ1n) is 7.11. The van der Waals surface area contributed by atoms with Crippen molar-refractivity contribution in [1.29, 1.82) is 0 Å². The Morgan fingerprint density at radius 2 is 2.24 bits per heavy atom. The number of imidazole rings is 1. The van der Waals surface area contributed by atoms with Gasteiger partial charge in [0.2, 0.25) is 0 Å². The van der Waals surface area contributed by atoms with Gasteiger partial charge in [-0.25, -0.2) is 4.98 Å². The van der Waals surface area contributed by atoms with E-state index < -0.39 is 0 Å². The van der Waals surface area contributed by atoms with E-state index >= 15 is 0 Å². The van der Waals surface area contributed by atoms with Crippen molar-refractivity contribution >= 4 is 12.4 Å². The van der Waals surface area contributed by atoms with Gasteiger partial charge in [0.15, 0.2) is 5.82 Å². The molecule has 2 N–H and O–H groups in total. The van der Waals surface area contributed by atoms with Gasteiger partial charge >= 0.3 is 0 Å². The van der Waals surface area contributed by atoms with E-state index in [0.717, 1.165) is 37.0 Å². The van der Waals surface area contributed by atoms with E-state index in [2.05, 4.69) is 37.4 Å². The molecule has 2 aromatic rings. The van der Waals surface area contributed by atoms with Crippen LogP contribution in [0.25, 0.3) is 11.6 Å². The third kappa shape index (κ3) is 2.81. The van der Waals surface area contributed by atoms with Crippen LogP contribution in [0.5, 0.6) is 0 Å². The molecule has 1 atom stereocenters. The minimum Gasteiger partial charge on any atom is -0.338 e. The molecule has 8 heteroatoms. The van der Waals surface area contributed by atoms with E-state index in [1.165, 1.54) is 12.8 Å². The summed E-state index contributed by atoms with van der Waals surface area (Å²) in [5.41, 5.74) is 0.817. The highest BCUT2D eigenvalue weighted by molar-refractivity contribution is 5.85. The van der Waals surface area contributed by atoms with Crippen LogP contribution in [0.2, 0.25) is 0 Å². The molecular weight excluding hydrogens is 292 g/mol. The van der Waals surface area contributed by atoms with Gasteiger partial charge in [-0.05, 0) is 19.9 Å². The highest BCUT2D eigenvalue weighted by Gasteiger charge is 2.28. The van der Waals surface area contributed by atoms with E-state index in [1.807, 2.05) is 0 Å². The Morgan fingerprint density at radius 3 is 3.00 bits per heavy atom. The van der Waals surface area contributed by atoms with Crippen LogP contribution in [0.15, 0.2) is 10.7 Å². The van der Waals surface area contributed by atoms with Crippen molar-refractivity contribution in [2.24, 2.45) is 0 Å². The molecular formula is C13H19ClN6O. The van der Waals surface area contributed by atoms with Gasteiger partial charge in [-0.1, -0.05) is 5.16 Å². The number of rotatable bonds is 3. The summed E-state index contributed by atoms with van der Waals surface area (Å²) in [6, 6.07) is 0.173. The van der Waals surface area contributed by atoms with Gasteiger partial charge in [-0.2, -0.15) is 4.98 Å². The van der Waals surface area contributed by atoms with Gasteiger partial charge in [0.1, 0.15) is 11.5 Å². The lowest BCUT2D eigenvalue weighted by atomic mass is 10.2. The van der Waals surface area contributed by atoms with Crippen LogP contribution in [0.4, 0.5) is 0 Å². The number of hydrogen-bond acceptors (Lipinski definition) is 6. The van der Waals surface area contributed by atoms with Crippen molar-refractivity contribution in [2.75, 3.05) is 26.7 Å². The second kappa shape index (κ2) is 5.75. The second-order valence-corrected chi connectivity index (χ2v) is 5.61. The molecule has 2 aromatic heterocycles. The van der Waals surface area contributed by atoms with E-state index in [1.54, 1.807) is 6.20 Å². The van der Waals surface area contributed by atoms with Crippen molar-refractivity contribution in [1.82, 2.24) is 30.3 Å². The molecule has 114 valence electrons. The average Bonchev–Trinajstić information content (AvgIpc) is 3.01. The summed E-state index contributed by atoms with van der Waals surface area (Å²) in [5.74, 6) is 2.90. The number of H-pyrrole nitrogens is 1. The third-order valence-electron chi connectivity index (χ3n) is 4.04. The summed E-state index contributed by atoms with van der Waals surface area (Å²) in [5, 5.41) is 7.48. The van der Waals surface area contributed by atoms with Crippen molar-refractivity contribution < 1.29 is 4.52 Å². The quantitative estimate of drug-likeness (QED) is 0.890. The minimum atomic E-state index is 0. The number of nitrogens with one attached hydrogen (secondary N) is 2. The Bertz CT molecular complexity index is 607. The first kappa shape index (κ1) is 14.5. The molecule has 7 nitrogen and oxygen atoms in total. The van der Waals surface area contributed by atoms with E-state index in [4.69, 9.17) is 4.52 Å². The maximum atomic E-state index is 5.38. The molecule has 21 heavy (non-hydrogen) atoms. The standard InChI is InChI=1S/C13H18N6O.ClH/c1-19-5-4-14-7-10(19)12-17-13(20-18-12)9-6-15-11(16-9)8-2-3-8;/h6,8,10,14H,2-5,7H2,1H3,(H,15,16);1H. The van der Waals surface area contributed by atoms with Crippen molar-refractivity contribution in [2.45, 2.75) is 24.8 Å². The van der Waals surface area contributed by atoms with Crippen LogP contribution >= 0.6 is 12.4 Å². The second-order valence-electron chi connectivity index (χ2n) is 5.61. The molecule has 0 bridgehead atoms. The highest BCUT2D eigenvalue weighted by Crippen LogP contribution is 2.38. The van der Waals surface area contributed by atoms with E-state index in [0.29, 0.717) is 11.8 Å². The van der Waals surface area contributed by atoms with Crippen molar-refractivity contribution in [3.05, 3.63) is 17.8 Å². The first-order valence-corrected chi connectivity index (χ1v) is 7.11. The average molecular weight is 311 g/mol. The Morgan fingerprint density at radius 1 is 1.38 bits per heavy atom. The van der Waals surface area contributed by atoms with Crippen LogP contribution in [0, 0.1) is 0 Å². The van der Waals surface area contributed by atoms with Gasteiger partial charge in [0, 0.05) is 25.6 Å². The van der Waals surface area contributed by atoms with Crippen LogP contribution in [0.1, 0.15) is 36.5 Å². The number of piperazine rings is 1. The zero-order valence-electron chi connectivity index (χ0n) is 11.9. The smallest absolute Gasteiger partial charge is 0.276 e. The van der Waals surface area contributed by atoms with Crippen molar-refractivity contribution in [3.63, 3.8) is 0 Å². The Kier molecular flexibility index (Phi) is 3.97. The van der Waals surface area contributed by atoms with Gasteiger partial charge in [0.25, 0.3) is 5.89 Å². The Balaban J connectivity index is 0.00000132. The zero-order chi connectivity index (χ0) is 13.5. The molecule has 1 unspecified atom stereocenters. The Hall–Kier alpha value is -1.44. The summed E-state index contributed by atoms with van der Waals surface area (Å²) in [6.07, 6.45) is 4.23. The number of aromatic nitrogens is 4. The molecule has 0 aromatic carbocycles. The molecule has 4 rings (SSSR count). The largest absolute Gasteiger partial charge is 0.338 e. The monoisotopic (exact) mass is 310 g/mol. The Labute approximate surface area is 128 Å². The van der Waals surface area contributed by atoms with Crippen LogP contribution in [-0.2, 0) is 0 Å². The summed E-state index contributed by atoms with van der Waals surface area (Å²) in [7, 11) is 2.09. The molecule has 0 spiro atoms. The van der Waals surface area contributed by atoms with Crippen LogP contribution < -0.4 is 5.32 Å². The number of nitrogens with zero attached hydrogens (tertiary/aromatic N) is 4. The minimum absolute atomic E-state index is 0. The van der Waals surface area contributed by atoms with Gasteiger partial charge < -0.3 is 14.8 Å². The van der Waals surface area contributed by atoms with Crippen molar-refractivity contribution in [3.8, 4) is 11.6 Å². The lowest BCUT2D eigenvalue weighted by Crippen LogP contribution is -2.44. The van der Waals surface area contributed by atoms with Gasteiger partial charge in [-0.15, -0.1) is 12.4 Å². The van der Waals surface area contributed by atoms with Gasteiger partial charge in [-0.3, -0.25) is 4.90 Å².